The van der Waals surface area contributed by atoms with Crippen molar-refractivity contribution in [1.29, 1.82) is 0 Å². The molecule has 0 aliphatic rings. The minimum atomic E-state index is -3.83. The first-order valence-electron chi connectivity index (χ1n) is 7.29. The zero-order chi connectivity index (χ0) is 18.4. The van der Waals surface area contributed by atoms with Gasteiger partial charge in [-0.1, -0.05) is 18.2 Å². The normalized spacial score (nSPS) is 12.6. The maximum absolute atomic E-state index is 12.4. The van der Waals surface area contributed by atoms with E-state index in [1.54, 1.807) is 24.3 Å². The number of nitrogens with zero attached hydrogens (tertiary/aromatic N) is 1. The summed E-state index contributed by atoms with van der Waals surface area (Å²) in [5.74, 6) is 0.587. The summed E-state index contributed by atoms with van der Waals surface area (Å²) in [6, 6.07) is 11.8. The van der Waals surface area contributed by atoms with Crippen LogP contribution < -0.4 is 9.46 Å². The zero-order valence-corrected chi connectivity index (χ0v) is 14.5. The van der Waals surface area contributed by atoms with Crippen molar-refractivity contribution < 1.29 is 22.8 Å². The van der Waals surface area contributed by atoms with Crippen LogP contribution in [-0.4, -0.2) is 34.1 Å². The van der Waals surface area contributed by atoms with Gasteiger partial charge in [0.25, 0.3) is 5.69 Å². The minimum absolute atomic E-state index is 0.0177. The molecule has 8 nitrogen and oxygen atoms in total. The number of non-ortho nitro benzene ring substituents is 1. The van der Waals surface area contributed by atoms with E-state index >= 15 is 0 Å². The highest BCUT2D eigenvalue weighted by Crippen LogP contribution is 2.27. The van der Waals surface area contributed by atoms with Crippen molar-refractivity contribution in [2.45, 2.75) is 11.0 Å². The Bertz CT molecular complexity index is 836. The molecule has 0 aliphatic heterocycles. The molecule has 1 N–H and O–H groups in total. The van der Waals surface area contributed by atoms with E-state index in [1.165, 1.54) is 26.4 Å². The van der Waals surface area contributed by atoms with Gasteiger partial charge in [0.1, 0.15) is 5.75 Å². The molecule has 2 rings (SSSR count). The van der Waals surface area contributed by atoms with Gasteiger partial charge in [0.15, 0.2) is 0 Å². The van der Waals surface area contributed by atoms with Crippen LogP contribution in [0.2, 0.25) is 0 Å². The summed E-state index contributed by atoms with van der Waals surface area (Å²) in [5, 5.41) is 10.6. The van der Waals surface area contributed by atoms with Crippen LogP contribution in [-0.2, 0) is 14.8 Å². The quantitative estimate of drug-likeness (QED) is 0.567. The minimum Gasteiger partial charge on any atom is -0.496 e. The number of sulfonamides is 1. The molecule has 0 radical (unpaired) electrons. The first-order valence-corrected chi connectivity index (χ1v) is 8.77. The van der Waals surface area contributed by atoms with Crippen LogP contribution in [0.5, 0.6) is 5.75 Å². The molecule has 0 fully saturated rings. The molecule has 0 spiro atoms. The van der Waals surface area contributed by atoms with Crippen LogP contribution in [0, 0.1) is 10.1 Å². The maximum atomic E-state index is 12.4. The lowest BCUT2D eigenvalue weighted by Gasteiger charge is -2.19. The fraction of sp³-hybridized carbons (Fsp3) is 0.250. The van der Waals surface area contributed by atoms with Crippen LogP contribution in [0.15, 0.2) is 53.4 Å². The van der Waals surface area contributed by atoms with E-state index in [0.717, 1.165) is 12.1 Å². The second-order valence-electron chi connectivity index (χ2n) is 5.07. The maximum Gasteiger partial charge on any atom is 0.269 e. The van der Waals surface area contributed by atoms with Gasteiger partial charge in [0.05, 0.1) is 23.0 Å². The molecular weight excluding hydrogens is 348 g/mol. The summed E-state index contributed by atoms with van der Waals surface area (Å²) in [5.41, 5.74) is 0.529. The van der Waals surface area contributed by atoms with Crippen LogP contribution in [0.1, 0.15) is 11.7 Å². The monoisotopic (exact) mass is 366 g/mol. The van der Waals surface area contributed by atoms with Gasteiger partial charge in [-0.05, 0) is 18.2 Å². The number of ether oxygens (including phenoxy) is 2. The van der Waals surface area contributed by atoms with Gasteiger partial charge in [-0.15, -0.1) is 0 Å². The molecule has 25 heavy (non-hydrogen) atoms. The number of methoxy groups -OCH3 is 2. The van der Waals surface area contributed by atoms with Crippen molar-refractivity contribution in [1.82, 2.24) is 4.72 Å². The molecule has 0 saturated carbocycles. The largest absolute Gasteiger partial charge is 0.496 e. The summed E-state index contributed by atoms with van der Waals surface area (Å²) in [6.45, 7) is -0.0177. The first kappa shape index (κ1) is 18.8. The first-order chi connectivity index (χ1) is 11.9. The van der Waals surface area contributed by atoms with Crippen molar-refractivity contribution in [3.05, 3.63) is 64.2 Å². The Morgan fingerprint density at radius 1 is 1.12 bits per heavy atom. The standard InChI is InChI=1S/C16H18N2O6S/c1-23-15-6-4-3-5-14(15)16(24-2)11-17-25(21,22)13-9-7-12(8-10-13)18(19)20/h3-10,16-17H,11H2,1-2H3. The van der Waals surface area contributed by atoms with Gasteiger partial charge in [0, 0.05) is 31.4 Å². The van der Waals surface area contributed by atoms with E-state index in [1.807, 2.05) is 0 Å². The molecule has 2 aromatic carbocycles. The number of hydrogen-bond donors (Lipinski definition) is 1. The summed E-state index contributed by atoms with van der Waals surface area (Å²) < 4.78 is 37.8. The summed E-state index contributed by atoms with van der Waals surface area (Å²) >= 11 is 0. The predicted octanol–water partition coefficient (Wildman–Crippen LogP) is 2.27. The van der Waals surface area contributed by atoms with Crippen molar-refractivity contribution in [2.75, 3.05) is 20.8 Å². The summed E-state index contributed by atoms with van der Waals surface area (Å²) in [4.78, 5) is 9.99. The fourth-order valence-electron chi connectivity index (χ4n) is 2.27. The summed E-state index contributed by atoms with van der Waals surface area (Å²) in [6.07, 6.45) is -0.552. The third kappa shape index (κ3) is 4.53. The van der Waals surface area contributed by atoms with E-state index < -0.39 is 21.1 Å². The molecule has 9 heteroatoms. The molecule has 0 saturated heterocycles. The van der Waals surface area contributed by atoms with Crippen molar-refractivity contribution in [2.24, 2.45) is 0 Å². The number of rotatable bonds is 8. The highest BCUT2D eigenvalue weighted by molar-refractivity contribution is 7.89. The van der Waals surface area contributed by atoms with Crippen molar-refractivity contribution in [3.63, 3.8) is 0 Å². The second kappa shape index (κ2) is 8.06. The number of hydrogen-bond acceptors (Lipinski definition) is 6. The molecule has 0 bridgehead atoms. The molecule has 0 aromatic heterocycles. The number of para-hydroxylation sites is 1. The lowest BCUT2D eigenvalue weighted by atomic mass is 10.1. The average molecular weight is 366 g/mol. The Morgan fingerprint density at radius 2 is 1.76 bits per heavy atom. The zero-order valence-electron chi connectivity index (χ0n) is 13.7. The Labute approximate surface area is 145 Å². The molecule has 0 aliphatic carbocycles. The third-order valence-corrected chi connectivity index (χ3v) is 5.03. The lowest BCUT2D eigenvalue weighted by Crippen LogP contribution is -2.29. The molecule has 134 valence electrons. The van der Waals surface area contributed by atoms with Gasteiger partial charge >= 0.3 is 0 Å². The van der Waals surface area contributed by atoms with Crippen LogP contribution in [0.25, 0.3) is 0 Å². The average Bonchev–Trinajstić information content (AvgIpc) is 2.62. The van der Waals surface area contributed by atoms with Gasteiger partial charge in [-0.25, -0.2) is 13.1 Å². The molecule has 1 atom stereocenters. The van der Waals surface area contributed by atoms with Crippen LogP contribution >= 0.6 is 0 Å². The topological polar surface area (TPSA) is 108 Å². The second-order valence-corrected chi connectivity index (χ2v) is 6.84. The Hall–Kier alpha value is -2.49. The highest BCUT2D eigenvalue weighted by Gasteiger charge is 2.20. The van der Waals surface area contributed by atoms with Gasteiger partial charge in [-0.3, -0.25) is 10.1 Å². The molecule has 2 aromatic rings. The number of nitro groups is 1. The van der Waals surface area contributed by atoms with Gasteiger partial charge in [0.2, 0.25) is 10.0 Å². The van der Waals surface area contributed by atoms with E-state index in [0.29, 0.717) is 11.3 Å². The summed E-state index contributed by atoms with van der Waals surface area (Å²) in [7, 11) is -0.839. The highest BCUT2D eigenvalue weighted by atomic mass is 32.2. The molecule has 0 heterocycles. The van der Waals surface area contributed by atoms with E-state index in [-0.39, 0.29) is 17.1 Å². The Morgan fingerprint density at radius 3 is 2.32 bits per heavy atom. The van der Waals surface area contributed by atoms with E-state index in [9.17, 15) is 18.5 Å². The van der Waals surface area contributed by atoms with Crippen LogP contribution in [0.4, 0.5) is 5.69 Å². The SMILES string of the molecule is COc1ccccc1C(CNS(=O)(=O)c1ccc([N+](=O)[O-])cc1)OC. The predicted molar refractivity (Wildman–Crippen MR) is 91.0 cm³/mol. The van der Waals surface area contributed by atoms with E-state index in [4.69, 9.17) is 9.47 Å². The Kier molecular flexibility index (Phi) is 6.07. The van der Waals surface area contributed by atoms with Crippen LogP contribution in [0.3, 0.4) is 0 Å². The molecule has 0 amide bonds. The lowest BCUT2D eigenvalue weighted by molar-refractivity contribution is -0.384. The van der Waals surface area contributed by atoms with Gasteiger partial charge < -0.3 is 9.47 Å². The van der Waals surface area contributed by atoms with Crippen molar-refractivity contribution in [3.8, 4) is 5.75 Å². The third-order valence-electron chi connectivity index (χ3n) is 3.59. The number of benzene rings is 2. The van der Waals surface area contributed by atoms with Crippen molar-refractivity contribution >= 4 is 15.7 Å². The van der Waals surface area contributed by atoms with Gasteiger partial charge in [-0.2, -0.15) is 0 Å². The molecule has 1 unspecified atom stereocenters. The number of nitrogens with one attached hydrogen (secondary N) is 1. The smallest absolute Gasteiger partial charge is 0.269 e. The number of nitro benzene ring substituents is 1. The molecular formula is C16H18N2O6S. The van der Waals surface area contributed by atoms with E-state index in [2.05, 4.69) is 4.72 Å². The Balaban J connectivity index is 2.15. The fourth-order valence-corrected chi connectivity index (χ4v) is 3.30.